The highest BCUT2D eigenvalue weighted by Crippen LogP contribution is 2.27. The molecule has 1 heterocycles. The zero-order valence-electron chi connectivity index (χ0n) is 11.0. The van der Waals surface area contributed by atoms with E-state index in [1.807, 2.05) is 12.1 Å². The topological polar surface area (TPSA) is 21.3 Å². The van der Waals surface area contributed by atoms with Crippen LogP contribution in [0.2, 0.25) is 0 Å². The van der Waals surface area contributed by atoms with Gasteiger partial charge in [-0.2, -0.15) is 0 Å². The van der Waals surface area contributed by atoms with E-state index in [9.17, 15) is 4.39 Å². The summed E-state index contributed by atoms with van der Waals surface area (Å²) in [4.78, 5) is 0. The zero-order valence-corrected chi connectivity index (χ0v) is 11.0. The van der Waals surface area contributed by atoms with E-state index in [1.54, 1.807) is 6.92 Å². The van der Waals surface area contributed by atoms with Gasteiger partial charge >= 0.3 is 0 Å². The SMILES string of the molecule is CCNC(C1=CCCCO1)c1ccc(F)c(C)c1. The van der Waals surface area contributed by atoms with Crippen LogP contribution in [0.4, 0.5) is 4.39 Å². The predicted molar refractivity (Wildman–Crippen MR) is 70.8 cm³/mol. The first-order valence-corrected chi connectivity index (χ1v) is 6.54. The molecule has 2 rings (SSSR count). The summed E-state index contributed by atoms with van der Waals surface area (Å²) >= 11 is 0. The van der Waals surface area contributed by atoms with Gasteiger partial charge < -0.3 is 10.1 Å². The van der Waals surface area contributed by atoms with Crippen LogP contribution in [0.5, 0.6) is 0 Å². The van der Waals surface area contributed by atoms with Crippen molar-refractivity contribution in [2.75, 3.05) is 13.2 Å². The molecular formula is C15H20FNO. The first kappa shape index (κ1) is 13.1. The van der Waals surface area contributed by atoms with Gasteiger partial charge in [-0.25, -0.2) is 4.39 Å². The lowest BCUT2D eigenvalue weighted by Gasteiger charge is -2.25. The second-order valence-electron chi connectivity index (χ2n) is 4.60. The lowest BCUT2D eigenvalue weighted by Crippen LogP contribution is -2.25. The molecule has 0 aliphatic carbocycles. The fourth-order valence-corrected chi connectivity index (χ4v) is 2.21. The highest BCUT2D eigenvalue weighted by Gasteiger charge is 2.19. The first-order valence-electron chi connectivity index (χ1n) is 6.54. The molecular weight excluding hydrogens is 229 g/mol. The van der Waals surface area contributed by atoms with Crippen LogP contribution < -0.4 is 5.32 Å². The van der Waals surface area contributed by atoms with E-state index in [0.29, 0.717) is 5.56 Å². The largest absolute Gasteiger partial charge is 0.496 e. The standard InChI is InChI=1S/C15H20FNO/c1-3-17-15(14-6-4-5-9-18-14)12-7-8-13(16)11(2)10-12/h6-8,10,15,17H,3-5,9H2,1-2H3. The summed E-state index contributed by atoms with van der Waals surface area (Å²) in [7, 11) is 0. The quantitative estimate of drug-likeness (QED) is 0.882. The molecule has 1 aliphatic rings. The van der Waals surface area contributed by atoms with Crippen molar-refractivity contribution in [3.63, 3.8) is 0 Å². The maximum Gasteiger partial charge on any atom is 0.126 e. The molecule has 0 saturated carbocycles. The fraction of sp³-hybridized carbons (Fsp3) is 0.467. The van der Waals surface area contributed by atoms with E-state index >= 15 is 0 Å². The number of nitrogens with one attached hydrogen (secondary N) is 1. The molecule has 3 heteroatoms. The van der Waals surface area contributed by atoms with Crippen LogP contribution in [0.15, 0.2) is 30.0 Å². The Kier molecular flexibility index (Phi) is 4.37. The maximum atomic E-state index is 13.3. The summed E-state index contributed by atoms with van der Waals surface area (Å²) in [5.74, 6) is 0.807. The third-order valence-electron chi connectivity index (χ3n) is 3.17. The summed E-state index contributed by atoms with van der Waals surface area (Å²) in [5, 5.41) is 3.40. The smallest absolute Gasteiger partial charge is 0.126 e. The van der Waals surface area contributed by atoms with E-state index in [1.165, 1.54) is 6.07 Å². The van der Waals surface area contributed by atoms with Gasteiger partial charge in [0.25, 0.3) is 0 Å². The molecule has 0 saturated heterocycles. The van der Waals surface area contributed by atoms with Crippen molar-refractivity contribution in [2.45, 2.75) is 32.7 Å². The van der Waals surface area contributed by atoms with E-state index in [-0.39, 0.29) is 11.9 Å². The molecule has 2 nitrogen and oxygen atoms in total. The molecule has 98 valence electrons. The van der Waals surface area contributed by atoms with Crippen molar-refractivity contribution in [3.8, 4) is 0 Å². The van der Waals surface area contributed by atoms with Gasteiger partial charge in [-0.1, -0.05) is 19.1 Å². The molecule has 1 N–H and O–H groups in total. The molecule has 18 heavy (non-hydrogen) atoms. The molecule has 1 unspecified atom stereocenters. The molecule has 0 radical (unpaired) electrons. The van der Waals surface area contributed by atoms with E-state index < -0.39 is 0 Å². The summed E-state index contributed by atoms with van der Waals surface area (Å²) < 4.78 is 19.0. The average molecular weight is 249 g/mol. The van der Waals surface area contributed by atoms with Crippen LogP contribution in [0, 0.1) is 12.7 Å². The molecule has 0 amide bonds. The van der Waals surface area contributed by atoms with Gasteiger partial charge in [0.1, 0.15) is 11.6 Å². The van der Waals surface area contributed by atoms with Gasteiger partial charge in [-0.05, 0) is 49.6 Å². The van der Waals surface area contributed by atoms with Crippen molar-refractivity contribution < 1.29 is 9.13 Å². The van der Waals surface area contributed by atoms with Crippen LogP contribution in [-0.2, 0) is 4.74 Å². The molecule has 0 aromatic heterocycles. The van der Waals surface area contributed by atoms with Gasteiger partial charge in [0, 0.05) is 0 Å². The number of hydrogen-bond donors (Lipinski definition) is 1. The second kappa shape index (κ2) is 6.01. The fourth-order valence-electron chi connectivity index (χ4n) is 2.21. The summed E-state index contributed by atoms with van der Waals surface area (Å²) in [6.07, 6.45) is 4.26. The third-order valence-corrected chi connectivity index (χ3v) is 3.17. The Labute approximate surface area is 108 Å². The zero-order chi connectivity index (χ0) is 13.0. The van der Waals surface area contributed by atoms with Crippen LogP contribution in [-0.4, -0.2) is 13.2 Å². The Morgan fingerprint density at radius 2 is 2.28 bits per heavy atom. The molecule has 1 aromatic carbocycles. The first-order chi connectivity index (χ1) is 8.72. The van der Waals surface area contributed by atoms with Crippen LogP contribution in [0.1, 0.15) is 36.9 Å². The maximum absolute atomic E-state index is 13.3. The van der Waals surface area contributed by atoms with Crippen LogP contribution in [0.25, 0.3) is 0 Å². The van der Waals surface area contributed by atoms with Crippen molar-refractivity contribution in [2.24, 2.45) is 0 Å². The second-order valence-corrected chi connectivity index (χ2v) is 4.60. The minimum absolute atomic E-state index is 0.0367. The van der Waals surface area contributed by atoms with E-state index in [2.05, 4.69) is 18.3 Å². The van der Waals surface area contributed by atoms with Crippen molar-refractivity contribution in [3.05, 3.63) is 47.0 Å². The lowest BCUT2D eigenvalue weighted by atomic mass is 10.0. The number of benzene rings is 1. The number of allylic oxidation sites excluding steroid dienone is 1. The van der Waals surface area contributed by atoms with Gasteiger partial charge in [-0.3, -0.25) is 0 Å². The third kappa shape index (κ3) is 2.91. The number of aryl methyl sites for hydroxylation is 1. The molecule has 0 bridgehead atoms. The average Bonchev–Trinajstić information content (AvgIpc) is 2.40. The van der Waals surface area contributed by atoms with E-state index in [4.69, 9.17) is 4.74 Å². The Hall–Kier alpha value is -1.35. The number of hydrogen-bond acceptors (Lipinski definition) is 2. The summed E-state index contributed by atoms with van der Waals surface area (Å²) in [5.41, 5.74) is 1.73. The molecule has 1 atom stereocenters. The molecule has 0 spiro atoms. The number of likely N-dealkylation sites (N-methyl/N-ethyl adjacent to an activating group) is 1. The Balaban J connectivity index is 2.28. The Bertz CT molecular complexity index is 442. The monoisotopic (exact) mass is 249 g/mol. The number of ether oxygens (including phenoxy) is 1. The molecule has 0 fully saturated rings. The van der Waals surface area contributed by atoms with Gasteiger partial charge in [0.05, 0.1) is 12.6 Å². The van der Waals surface area contributed by atoms with Crippen molar-refractivity contribution in [1.29, 1.82) is 0 Å². The lowest BCUT2D eigenvalue weighted by molar-refractivity contribution is 0.168. The Morgan fingerprint density at radius 3 is 2.89 bits per heavy atom. The molecule has 1 aromatic rings. The highest BCUT2D eigenvalue weighted by atomic mass is 19.1. The predicted octanol–water partition coefficient (Wildman–Crippen LogP) is 3.48. The minimum atomic E-state index is -0.160. The molecule has 1 aliphatic heterocycles. The number of halogens is 1. The summed E-state index contributed by atoms with van der Waals surface area (Å²) in [6, 6.07) is 5.28. The number of rotatable bonds is 4. The highest BCUT2D eigenvalue weighted by molar-refractivity contribution is 5.31. The van der Waals surface area contributed by atoms with Crippen LogP contribution in [0.3, 0.4) is 0 Å². The Morgan fingerprint density at radius 1 is 1.44 bits per heavy atom. The summed E-state index contributed by atoms with van der Waals surface area (Å²) in [6.45, 7) is 5.47. The minimum Gasteiger partial charge on any atom is -0.496 e. The van der Waals surface area contributed by atoms with Gasteiger partial charge in [0.15, 0.2) is 0 Å². The van der Waals surface area contributed by atoms with Gasteiger partial charge in [0.2, 0.25) is 0 Å². The van der Waals surface area contributed by atoms with Gasteiger partial charge in [-0.15, -0.1) is 0 Å². The van der Waals surface area contributed by atoms with Crippen molar-refractivity contribution >= 4 is 0 Å². The van der Waals surface area contributed by atoms with Crippen molar-refractivity contribution in [1.82, 2.24) is 5.32 Å². The van der Waals surface area contributed by atoms with Crippen LogP contribution >= 0.6 is 0 Å². The van der Waals surface area contributed by atoms with E-state index in [0.717, 1.165) is 37.3 Å². The normalized spacial score (nSPS) is 16.9.